The molecule has 1 atom stereocenters. The van der Waals surface area contributed by atoms with Crippen LogP contribution in [0.2, 0.25) is 0 Å². The predicted molar refractivity (Wildman–Crippen MR) is 85.1 cm³/mol. The van der Waals surface area contributed by atoms with Crippen molar-refractivity contribution in [2.75, 3.05) is 11.1 Å². The maximum Gasteiger partial charge on any atom is 0.338 e. The zero-order chi connectivity index (χ0) is 15.2. The van der Waals surface area contributed by atoms with E-state index in [4.69, 9.17) is 0 Å². The Labute approximate surface area is 128 Å². The molecule has 0 spiro atoms. The average Bonchev–Trinajstić information content (AvgIpc) is 2.91. The second-order valence-corrected chi connectivity index (χ2v) is 6.03. The summed E-state index contributed by atoms with van der Waals surface area (Å²) >= 11 is 1.54. The molecular formula is C15H19N3O2S. The Hall–Kier alpha value is -1.95. The number of rotatable bonds is 7. The van der Waals surface area contributed by atoms with Crippen molar-refractivity contribution < 1.29 is 9.90 Å². The fourth-order valence-corrected chi connectivity index (χ4v) is 3.00. The summed E-state index contributed by atoms with van der Waals surface area (Å²) in [7, 11) is 0. The van der Waals surface area contributed by atoms with Crippen molar-refractivity contribution in [1.82, 2.24) is 9.55 Å². The molecule has 0 saturated heterocycles. The first kappa shape index (κ1) is 15.4. The maximum atomic E-state index is 11.5. The van der Waals surface area contributed by atoms with Gasteiger partial charge in [0, 0.05) is 29.9 Å². The lowest BCUT2D eigenvalue weighted by atomic mass is 10.1. The summed E-state index contributed by atoms with van der Waals surface area (Å²) in [6.07, 6.45) is 5.37. The molecule has 21 heavy (non-hydrogen) atoms. The monoisotopic (exact) mass is 305 g/mol. The van der Waals surface area contributed by atoms with Gasteiger partial charge in [-0.05, 0) is 24.8 Å². The van der Waals surface area contributed by atoms with Crippen LogP contribution >= 0.6 is 11.8 Å². The van der Waals surface area contributed by atoms with Crippen LogP contribution in [0, 0.1) is 0 Å². The van der Waals surface area contributed by atoms with Crippen molar-refractivity contribution in [1.29, 1.82) is 0 Å². The maximum absolute atomic E-state index is 11.5. The second-order valence-electron chi connectivity index (χ2n) is 4.72. The van der Waals surface area contributed by atoms with E-state index in [1.807, 2.05) is 42.8 Å². The fourth-order valence-electron chi connectivity index (χ4n) is 2.17. The quantitative estimate of drug-likeness (QED) is 0.769. The van der Waals surface area contributed by atoms with Crippen molar-refractivity contribution in [3.8, 4) is 0 Å². The van der Waals surface area contributed by atoms with E-state index < -0.39 is 5.97 Å². The number of nitrogens with one attached hydrogen (secondary N) is 1. The Morgan fingerprint density at radius 3 is 2.95 bits per heavy atom. The number of thioether (sulfide) groups is 1. The molecule has 0 saturated carbocycles. The number of anilines is 1. The largest absolute Gasteiger partial charge is 0.478 e. The summed E-state index contributed by atoms with van der Waals surface area (Å²) < 4.78 is 1.96. The number of hydrogen-bond donors (Lipinski definition) is 2. The summed E-state index contributed by atoms with van der Waals surface area (Å²) in [5.74, 6) is -0.0576. The van der Waals surface area contributed by atoms with Gasteiger partial charge in [-0.1, -0.05) is 13.0 Å². The Balaban J connectivity index is 2.18. The molecule has 1 aromatic heterocycles. The van der Waals surface area contributed by atoms with Crippen LogP contribution in [-0.2, 0) is 6.54 Å². The summed E-state index contributed by atoms with van der Waals surface area (Å²) in [4.78, 5) is 16.3. The molecule has 0 aliphatic carbocycles. The molecule has 2 aromatic rings. The number of benzene rings is 1. The van der Waals surface area contributed by atoms with Gasteiger partial charge in [0.15, 0.2) is 0 Å². The standard InChI is InChI=1S/C15H19N3O2S/c1-3-21-13-6-4-5-12(14(13)15(19)20)17-11(2)9-18-8-7-16-10-18/h4-8,10-11,17H,3,9H2,1-2H3,(H,19,20). The summed E-state index contributed by atoms with van der Waals surface area (Å²) in [6, 6.07) is 5.65. The topological polar surface area (TPSA) is 67.2 Å². The first-order valence-corrected chi connectivity index (χ1v) is 7.81. The predicted octanol–water partition coefficient (Wildman–Crippen LogP) is 3.19. The smallest absolute Gasteiger partial charge is 0.338 e. The normalized spacial score (nSPS) is 12.1. The number of carboxylic acids is 1. The van der Waals surface area contributed by atoms with Crippen molar-refractivity contribution in [3.63, 3.8) is 0 Å². The van der Waals surface area contributed by atoms with E-state index in [0.717, 1.165) is 17.2 Å². The lowest BCUT2D eigenvalue weighted by Crippen LogP contribution is -2.22. The number of aromatic nitrogens is 2. The van der Waals surface area contributed by atoms with Crippen LogP contribution in [0.3, 0.4) is 0 Å². The number of carboxylic acid groups (broad SMARTS) is 1. The van der Waals surface area contributed by atoms with Gasteiger partial charge < -0.3 is 15.0 Å². The van der Waals surface area contributed by atoms with Crippen LogP contribution in [0.1, 0.15) is 24.2 Å². The van der Waals surface area contributed by atoms with E-state index in [-0.39, 0.29) is 6.04 Å². The van der Waals surface area contributed by atoms with E-state index in [2.05, 4.69) is 10.3 Å². The van der Waals surface area contributed by atoms with Gasteiger partial charge in [0.25, 0.3) is 0 Å². The zero-order valence-corrected chi connectivity index (χ0v) is 12.9. The molecule has 0 amide bonds. The molecule has 0 bridgehead atoms. The minimum atomic E-state index is -0.899. The van der Waals surface area contributed by atoms with Gasteiger partial charge in [-0.25, -0.2) is 9.78 Å². The fraction of sp³-hybridized carbons (Fsp3) is 0.333. The first-order chi connectivity index (χ1) is 10.1. The van der Waals surface area contributed by atoms with Gasteiger partial charge in [-0.2, -0.15) is 0 Å². The molecule has 1 aromatic carbocycles. The average molecular weight is 305 g/mol. The van der Waals surface area contributed by atoms with E-state index in [9.17, 15) is 9.90 Å². The highest BCUT2D eigenvalue weighted by atomic mass is 32.2. The van der Waals surface area contributed by atoms with Gasteiger partial charge in [0.05, 0.1) is 17.6 Å². The van der Waals surface area contributed by atoms with Crippen LogP contribution in [-0.4, -0.2) is 32.4 Å². The Morgan fingerprint density at radius 2 is 2.33 bits per heavy atom. The SMILES string of the molecule is CCSc1cccc(NC(C)Cn2ccnc2)c1C(=O)O. The van der Waals surface area contributed by atoms with Crippen molar-refractivity contribution in [3.05, 3.63) is 42.5 Å². The molecule has 6 heteroatoms. The molecule has 112 valence electrons. The lowest BCUT2D eigenvalue weighted by Gasteiger charge is -2.18. The molecule has 1 heterocycles. The van der Waals surface area contributed by atoms with Gasteiger partial charge in [-0.15, -0.1) is 11.8 Å². The van der Waals surface area contributed by atoms with Crippen LogP contribution in [0.4, 0.5) is 5.69 Å². The Kier molecular flexibility index (Phi) is 5.27. The Bertz CT molecular complexity index is 599. The number of hydrogen-bond acceptors (Lipinski definition) is 4. The molecule has 0 fully saturated rings. The molecular weight excluding hydrogens is 286 g/mol. The van der Waals surface area contributed by atoms with E-state index in [1.165, 1.54) is 0 Å². The van der Waals surface area contributed by atoms with Gasteiger partial charge >= 0.3 is 5.97 Å². The molecule has 0 radical (unpaired) electrons. The first-order valence-electron chi connectivity index (χ1n) is 6.83. The van der Waals surface area contributed by atoms with Gasteiger partial charge in [0.1, 0.15) is 0 Å². The third-order valence-electron chi connectivity index (χ3n) is 2.99. The highest BCUT2D eigenvalue weighted by Crippen LogP contribution is 2.29. The number of aromatic carboxylic acids is 1. The summed E-state index contributed by atoms with van der Waals surface area (Å²) in [5.41, 5.74) is 1.01. The van der Waals surface area contributed by atoms with E-state index >= 15 is 0 Å². The van der Waals surface area contributed by atoms with Crippen LogP contribution < -0.4 is 5.32 Å². The molecule has 0 aliphatic rings. The Morgan fingerprint density at radius 1 is 1.52 bits per heavy atom. The molecule has 5 nitrogen and oxygen atoms in total. The van der Waals surface area contributed by atoms with Gasteiger partial charge in [-0.3, -0.25) is 0 Å². The molecule has 2 N–H and O–H groups in total. The molecule has 1 unspecified atom stereocenters. The van der Waals surface area contributed by atoms with Gasteiger partial charge in [0.2, 0.25) is 0 Å². The van der Waals surface area contributed by atoms with E-state index in [1.54, 1.807) is 24.3 Å². The molecule has 0 aliphatic heterocycles. The minimum absolute atomic E-state index is 0.0965. The zero-order valence-electron chi connectivity index (χ0n) is 12.1. The van der Waals surface area contributed by atoms with E-state index in [0.29, 0.717) is 11.3 Å². The van der Waals surface area contributed by atoms with Crippen molar-refractivity contribution >= 4 is 23.4 Å². The minimum Gasteiger partial charge on any atom is -0.478 e. The second kappa shape index (κ2) is 7.17. The summed E-state index contributed by atoms with van der Waals surface area (Å²) in [5, 5.41) is 12.8. The van der Waals surface area contributed by atoms with Crippen LogP contribution in [0.5, 0.6) is 0 Å². The van der Waals surface area contributed by atoms with Crippen LogP contribution in [0.15, 0.2) is 41.8 Å². The number of imidazole rings is 1. The molecule has 2 rings (SSSR count). The highest BCUT2D eigenvalue weighted by molar-refractivity contribution is 7.99. The van der Waals surface area contributed by atoms with Crippen molar-refractivity contribution in [2.24, 2.45) is 0 Å². The summed E-state index contributed by atoms with van der Waals surface area (Å²) in [6.45, 7) is 4.76. The third kappa shape index (κ3) is 4.01. The number of nitrogens with zero attached hydrogens (tertiary/aromatic N) is 2. The highest BCUT2D eigenvalue weighted by Gasteiger charge is 2.16. The third-order valence-corrected chi connectivity index (χ3v) is 3.93. The van der Waals surface area contributed by atoms with Crippen molar-refractivity contribution in [2.45, 2.75) is 31.3 Å². The number of carbonyl (C=O) groups is 1. The lowest BCUT2D eigenvalue weighted by molar-refractivity contribution is 0.0694. The van der Waals surface area contributed by atoms with Crippen LogP contribution in [0.25, 0.3) is 0 Å².